The number of likely N-dealkylation sites (tertiary alicyclic amines) is 1. The molecule has 0 saturated carbocycles. The predicted molar refractivity (Wildman–Crippen MR) is 151 cm³/mol. The van der Waals surface area contributed by atoms with Crippen molar-refractivity contribution in [1.29, 1.82) is 0 Å². The third-order valence-corrected chi connectivity index (χ3v) is 9.02. The number of anilines is 1. The summed E-state index contributed by atoms with van der Waals surface area (Å²) in [4.78, 5) is 53.2. The maximum Gasteiger partial charge on any atom is 0.251 e. The van der Waals surface area contributed by atoms with E-state index in [1.165, 1.54) is 4.90 Å². The number of ketones is 1. The molecule has 40 heavy (non-hydrogen) atoms. The zero-order valence-electron chi connectivity index (χ0n) is 22.9. The van der Waals surface area contributed by atoms with Crippen molar-refractivity contribution in [2.45, 2.75) is 44.5 Å². The first-order valence-corrected chi connectivity index (χ1v) is 14.5. The van der Waals surface area contributed by atoms with Crippen LogP contribution in [0.2, 0.25) is 0 Å². The van der Waals surface area contributed by atoms with Gasteiger partial charge in [0.05, 0.1) is 17.8 Å². The molecule has 12 nitrogen and oxygen atoms in total. The summed E-state index contributed by atoms with van der Waals surface area (Å²) in [5, 5.41) is 9.67. The van der Waals surface area contributed by atoms with Crippen LogP contribution in [0, 0.1) is 5.92 Å². The number of azide groups is 1. The third kappa shape index (κ3) is 5.55. The highest BCUT2D eigenvalue weighted by Crippen LogP contribution is 2.31. The highest BCUT2D eigenvalue weighted by molar-refractivity contribution is 7.14. The van der Waals surface area contributed by atoms with Crippen molar-refractivity contribution in [3.05, 3.63) is 45.7 Å². The molecule has 1 aromatic heterocycles. The number of carbonyl (C=O) groups is 3. The number of nitrogens with zero attached hydrogens (tertiary/aromatic N) is 7. The number of hydrogen-bond donors (Lipinski definition) is 1. The molecular weight excluding hydrogens is 532 g/mol. The number of aromatic nitrogens is 1. The summed E-state index contributed by atoms with van der Waals surface area (Å²) in [6.45, 7) is 7.69. The summed E-state index contributed by atoms with van der Waals surface area (Å²) in [5.74, 6) is -1.16. The van der Waals surface area contributed by atoms with Gasteiger partial charge in [-0.25, -0.2) is 4.98 Å². The zero-order valence-corrected chi connectivity index (χ0v) is 23.7. The quantitative estimate of drug-likeness (QED) is 0.294. The van der Waals surface area contributed by atoms with Crippen LogP contribution in [0.15, 0.2) is 34.8 Å². The Kier molecular flexibility index (Phi) is 8.36. The van der Waals surface area contributed by atoms with Gasteiger partial charge in [-0.15, -0.1) is 11.3 Å². The molecule has 5 rings (SSSR count). The number of Topliss-reactive ketones (excluding diaryl/α,β-unsaturated/α-hetero) is 1. The number of carbonyl (C=O) groups excluding carboxylic acids is 3. The molecule has 1 N–H and O–H groups in total. The smallest absolute Gasteiger partial charge is 0.251 e. The van der Waals surface area contributed by atoms with E-state index in [9.17, 15) is 14.4 Å². The van der Waals surface area contributed by atoms with Crippen molar-refractivity contribution in [1.82, 2.24) is 20.1 Å². The SMILES string of the molecule is CC[C@H](C)[C@H](NC(=O)c1ccc(-c2csc(N3CCN(C)CC3)n2)cc1)C(=O)N1C[C@@H](N=[N+]=[N-])[C@H]2OCC(=O)[C@H]21. The number of benzene rings is 1. The normalized spacial score (nSPS) is 24.4. The topological polar surface area (TPSA) is 144 Å². The molecule has 0 unspecified atom stereocenters. The second-order valence-electron chi connectivity index (χ2n) is 10.7. The Hall–Kier alpha value is -3.51. The molecule has 0 spiro atoms. The molecular formula is C27H34N8O4S. The van der Waals surface area contributed by atoms with E-state index >= 15 is 0 Å². The lowest BCUT2D eigenvalue weighted by Gasteiger charge is -2.32. The molecule has 1 aromatic carbocycles. The zero-order chi connectivity index (χ0) is 28.4. The van der Waals surface area contributed by atoms with Gasteiger partial charge in [0.2, 0.25) is 5.91 Å². The Balaban J connectivity index is 1.28. The van der Waals surface area contributed by atoms with E-state index < -0.39 is 24.2 Å². The van der Waals surface area contributed by atoms with E-state index in [-0.39, 0.29) is 36.7 Å². The minimum atomic E-state index is -0.847. The van der Waals surface area contributed by atoms with Gasteiger partial charge in [-0.2, -0.15) is 0 Å². The Morgan fingerprint density at radius 2 is 1.98 bits per heavy atom. The van der Waals surface area contributed by atoms with Crippen LogP contribution in [-0.4, -0.2) is 103 Å². The van der Waals surface area contributed by atoms with Gasteiger partial charge < -0.3 is 24.8 Å². The third-order valence-electron chi connectivity index (χ3n) is 8.12. The summed E-state index contributed by atoms with van der Waals surface area (Å²) in [6, 6.07) is 4.89. The highest BCUT2D eigenvalue weighted by Gasteiger charge is 2.53. The molecule has 4 heterocycles. The molecule has 3 aliphatic heterocycles. The number of piperazine rings is 1. The fraction of sp³-hybridized carbons (Fsp3) is 0.556. The van der Waals surface area contributed by atoms with E-state index in [0.717, 1.165) is 42.6 Å². The van der Waals surface area contributed by atoms with Gasteiger partial charge in [0.25, 0.3) is 5.91 Å². The van der Waals surface area contributed by atoms with Crippen LogP contribution in [0.5, 0.6) is 0 Å². The molecule has 13 heteroatoms. The first kappa shape index (κ1) is 28.0. The average Bonchev–Trinajstić information content (AvgIpc) is 3.69. The Bertz CT molecular complexity index is 1300. The van der Waals surface area contributed by atoms with Crippen molar-refractivity contribution >= 4 is 34.1 Å². The molecule has 212 valence electrons. The lowest BCUT2D eigenvalue weighted by atomic mass is 9.96. The fourth-order valence-electron chi connectivity index (χ4n) is 5.44. The van der Waals surface area contributed by atoms with E-state index in [0.29, 0.717) is 12.0 Å². The number of rotatable bonds is 8. The lowest BCUT2D eigenvalue weighted by Crippen LogP contribution is -2.54. The number of fused-ring (bicyclic) bond motifs is 1. The molecule has 0 radical (unpaired) electrons. The summed E-state index contributed by atoms with van der Waals surface area (Å²) in [5.41, 5.74) is 11.1. The summed E-state index contributed by atoms with van der Waals surface area (Å²) < 4.78 is 5.53. The van der Waals surface area contributed by atoms with Crippen molar-refractivity contribution in [2.75, 3.05) is 51.3 Å². The van der Waals surface area contributed by atoms with Gasteiger partial charge in [0.1, 0.15) is 18.7 Å². The first-order valence-electron chi connectivity index (χ1n) is 13.6. The van der Waals surface area contributed by atoms with Crippen LogP contribution >= 0.6 is 11.3 Å². The van der Waals surface area contributed by atoms with Crippen molar-refractivity contribution < 1.29 is 19.1 Å². The maximum absolute atomic E-state index is 13.7. The van der Waals surface area contributed by atoms with E-state index in [1.807, 2.05) is 31.4 Å². The van der Waals surface area contributed by atoms with Gasteiger partial charge in [-0.3, -0.25) is 14.4 Å². The number of likely N-dealkylation sites (N-methyl/N-ethyl adjacent to an activating group) is 1. The van der Waals surface area contributed by atoms with Crippen LogP contribution in [0.1, 0.15) is 30.6 Å². The summed E-state index contributed by atoms with van der Waals surface area (Å²) in [7, 11) is 2.12. The monoisotopic (exact) mass is 566 g/mol. The Morgan fingerprint density at radius 1 is 1.25 bits per heavy atom. The van der Waals surface area contributed by atoms with Gasteiger partial charge in [0, 0.05) is 54.1 Å². The standard InChI is InChI=1S/C27H34N8O4S/c1-4-16(2)22(26(38)35-13-19(31-32-28)24-23(35)21(36)14-39-24)30-25(37)18-7-5-17(6-8-18)20-15-40-27(29-20)34-11-9-33(3)10-12-34/h5-8,15-16,19,22-24H,4,9-14H2,1-3H3,(H,30,37)/t16-,19+,22-,23+,24+/m0/s1. The number of ether oxygens (including phenoxy) is 1. The minimum Gasteiger partial charge on any atom is -0.367 e. The Labute approximate surface area is 236 Å². The largest absolute Gasteiger partial charge is 0.367 e. The van der Waals surface area contributed by atoms with Crippen molar-refractivity contribution in [3.63, 3.8) is 0 Å². The summed E-state index contributed by atoms with van der Waals surface area (Å²) in [6.07, 6.45) is -0.0167. The van der Waals surface area contributed by atoms with Crippen LogP contribution in [0.4, 0.5) is 5.13 Å². The molecule has 2 aromatic rings. The molecule has 0 bridgehead atoms. The van der Waals surface area contributed by atoms with Gasteiger partial charge in [-0.1, -0.05) is 37.5 Å². The molecule has 3 aliphatic rings. The van der Waals surface area contributed by atoms with Gasteiger partial charge in [0.15, 0.2) is 10.9 Å². The van der Waals surface area contributed by atoms with E-state index in [4.69, 9.17) is 15.3 Å². The van der Waals surface area contributed by atoms with E-state index in [2.05, 4.69) is 32.2 Å². The number of hydrogen-bond acceptors (Lipinski definition) is 9. The fourth-order valence-corrected chi connectivity index (χ4v) is 6.33. The molecule has 3 fully saturated rings. The summed E-state index contributed by atoms with van der Waals surface area (Å²) >= 11 is 1.62. The van der Waals surface area contributed by atoms with E-state index in [1.54, 1.807) is 23.5 Å². The second-order valence-corrected chi connectivity index (χ2v) is 11.5. The van der Waals surface area contributed by atoms with Crippen LogP contribution < -0.4 is 10.2 Å². The molecule has 5 atom stereocenters. The van der Waals surface area contributed by atoms with Crippen LogP contribution in [0.25, 0.3) is 21.7 Å². The highest BCUT2D eigenvalue weighted by atomic mass is 32.1. The number of amides is 2. The molecule has 2 amide bonds. The lowest BCUT2D eigenvalue weighted by molar-refractivity contribution is -0.139. The maximum atomic E-state index is 13.7. The Morgan fingerprint density at radius 3 is 2.65 bits per heavy atom. The van der Waals surface area contributed by atoms with Gasteiger partial charge in [-0.05, 0) is 30.6 Å². The van der Waals surface area contributed by atoms with Crippen molar-refractivity contribution in [3.8, 4) is 11.3 Å². The molecule has 3 saturated heterocycles. The average molecular weight is 567 g/mol. The number of thiazole rings is 1. The van der Waals surface area contributed by atoms with Gasteiger partial charge >= 0.3 is 0 Å². The molecule has 0 aliphatic carbocycles. The predicted octanol–water partition coefficient (Wildman–Crippen LogP) is 2.56. The minimum absolute atomic E-state index is 0.0746. The van der Waals surface area contributed by atoms with Crippen LogP contribution in [-0.2, 0) is 14.3 Å². The first-order chi connectivity index (χ1) is 19.3. The van der Waals surface area contributed by atoms with Crippen molar-refractivity contribution in [2.24, 2.45) is 11.0 Å². The number of nitrogens with one attached hydrogen (secondary N) is 1. The van der Waals surface area contributed by atoms with Crippen LogP contribution in [0.3, 0.4) is 0 Å². The second kappa shape index (κ2) is 11.9.